The van der Waals surface area contributed by atoms with Gasteiger partial charge in [0.1, 0.15) is 5.75 Å². The van der Waals surface area contributed by atoms with Crippen molar-refractivity contribution in [2.45, 2.75) is 31.3 Å². The van der Waals surface area contributed by atoms with Gasteiger partial charge in [0.25, 0.3) is 5.19 Å². The van der Waals surface area contributed by atoms with Crippen LogP contribution >= 0.6 is 11.3 Å². The molecule has 2 bridgehead atoms. The van der Waals surface area contributed by atoms with Gasteiger partial charge in [-0.25, -0.2) is 9.78 Å². The van der Waals surface area contributed by atoms with Gasteiger partial charge < -0.3 is 15.4 Å². The lowest BCUT2D eigenvalue weighted by molar-refractivity contribution is 0.0933. The first-order valence-electron chi connectivity index (χ1n) is 9.94. The molecular formula is C21H23N5O2S. The van der Waals surface area contributed by atoms with Crippen LogP contribution in [0.25, 0.3) is 10.3 Å². The molecule has 8 heteroatoms. The van der Waals surface area contributed by atoms with Crippen LogP contribution in [0, 0.1) is 0 Å². The smallest absolute Gasteiger partial charge is 0.315 e. The number of ether oxygens (including phenoxy) is 1. The van der Waals surface area contributed by atoms with Gasteiger partial charge in [-0.05, 0) is 49.1 Å². The molecule has 1 aromatic carbocycles. The van der Waals surface area contributed by atoms with Crippen molar-refractivity contribution in [2.24, 2.45) is 5.73 Å². The van der Waals surface area contributed by atoms with E-state index in [1.807, 2.05) is 29.2 Å². The molecule has 2 saturated heterocycles. The van der Waals surface area contributed by atoms with Gasteiger partial charge in [0, 0.05) is 37.9 Å². The first-order chi connectivity index (χ1) is 14.2. The monoisotopic (exact) mass is 409 g/mol. The lowest BCUT2D eigenvalue weighted by Crippen LogP contribution is -2.57. The first kappa shape index (κ1) is 18.3. The van der Waals surface area contributed by atoms with Gasteiger partial charge in [0.2, 0.25) is 0 Å². The standard InChI is InChI=1S/C21H23N5O2S/c22-20(27)26-15-5-6-16(26)13-25(12-15)11-9-14-3-7-17(8-4-14)28-21-24-19-18(29-21)2-1-10-23-19/h1-4,7-8,10,15-16H,5-6,9,11-13H2,(H2,22,27)/t15-,16+. The third-order valence-corrected chi connectivity index (χ3v) is 6.69. The molecule has 2 aromatic heterocycles. The lowest BCUT2D eigenvalue weighted by atomic mass is 10.1. The number of likely N-dealkylation sites (tertiary alicyclic amines) is 1. The molecule has 0 radical (unpaired) electrons. The molecule has 2 fully saturated rings. The van der Waals surface area contributed by atoms with Crippen LogP contribution in [0.3, 0.4) is 0 Å². The maximum absolute atomic E-state index is 11.6. The van der Waals surface area contributed by atoms with Crippen LogP contribution < -0.4 is 10.5 Å². The number of hydrogen-bond donors (Lipinski definition) is 1. The van der Waals surface area contributed by atoms with Gasteiger partial charge in [-0.3, -0.25) is 4.90 Å². The van der Waals surface area contributed by atoms with Gasteiger partial charge in [0.15, 0.2) is 5.65 Å². The molecule has 5 rings (SSSR count). The van der Waals surface area contributed by atoms with Crippen molar-refractivity contribution in [3.05, 3.63) is 48.2 Å². The molecule has 0 spiro atoms. The zero-order chi connectivity index (χ0) is 19.8. The van der Waals surface area contributed by atoms with Crippen LogP contribution in [0.1, 0.15) is 18.4 Å². The van der Waals surface area contributed by atoms with E-state index < -0.39 is 0 Å². The van der Waals surface area contributed by atoms with Gasteiger partial charge in [-0.15, -0.1) is 0 Å². The maximum Gasteiger partial charge on any atom is 0.315 e. The quantitative estimate of drug-likeness (QED) is 0.699. The first-order valence-corrected chi connectivity index (χ1v) is 10.8. The number of carbonyl (C=O) groups excluding carboxylic acids is 1. The molecule has 2 amide bonds. The largest absolute Gasteiger partial charge is 0.431 e. The number of nitrogens with two attached hydrogens (primary N) is 1. The van der Waals surface area contributed by atoms with E-state index in [2.05, 4.69) is 27.0 Å². The third kappa shape index (κ3) is 3.77. The summed E-state index contributed by atoms with van der Waals surface area (Å²) in [6.07, 6.45) is 4.84. The highest BCUT2D eigenvalue weighted by atomic mass is 32.1. The average molecular weight is 410 g/mol. The van der Waals surface area contributed by atoms with Crippen LogP contribution in [0.2, 0.25) is 0 Å². The van der Waals surface area contributed by atoms with Gasteiger partial charge in [0.05, 0.1) is 4.70 Å². The fourth-order valence-corrected chi connectivity index (χ4v) is 5.23. The Hall–Kier alpha value is -2.71. The Morgan fingerprint density at radius 2 is 1.93 bits per heavy atom. The molecule has 29 heavy (non-hydrogen) atoms. The zero-order valence-electron chi connectivity index (χ0n) is 16.0. The van der Waals surface area contributed by atoms with E-state index in [-0.39, 0.29) is 18.1 Å². The number of piperazine rings is 1. The second-order valence-electron chi connectivity index (χ2n) is 7.69. The van der Waals surface area contributed by atoms with Gasteiger partial charge in [-0.1, -0.05) is 23.5 Å². The number of nitrogens with zero attached hydrogens (tertiary/aromatic N) is 4. The summed E-state index contributed by atoms with van der Waals surface area (Å²) in [7, 11) is 0. The summed E-state index contributed by atoms with van der Waals surface area (Å²) >= 11 is 1.49. The minimum Gasteiger partial charge on any atom is -0.431 e. The van der Waals surface area contributed by atoms with Crippen molar-refractivity contribution in [2.75, 3.05) is 19.6 Å². The SMILES string of the molecule is NC(=O)N1[C@@H]2CC[C@H]1CN(CCc1ccc(Oc3nc4ncccc4s3)cc1)C2. The summed E-state index contributed by atoms with van der Waals surface area (Å²) in [5, 5.41) is 0.606. The highest BCUT2D eigenvalue weighted by Crippen LogP contribution is 2.31. The number of primary amides is 1. The zero-order valence-corrected chi connectivity index (χ0v) is 16.8. The number of thiazole rings is 1. The summed E-state index contributed by atoms with van der Waals surface area (Å²) in [5.41, 5.74) is 7.53. The third-order valence-electron chi connectivity index (χ3n) is 5.80. The minimum absolute atomic E-state index is 0.267. The Morgan fingerprint density at radius 3 is 2.62 bits per heavy atom. The number of urea groups is 1. The Labute approximate surface area is 173 Å². The second-order valence-corrected chi connectivity index (χ2v) is 8.68. The van der Waals surface area contributed by atoms with Crippen molar-refractivity contribution in [3.8, 4) is 10.9 Å². The van der Waals surface area contributed by atoms with Gasteiger partial charge in [-0.2, -0.15) is 4.98 Å². The molecule has 4 heterocycles. The highest BCUT2D eigenvalue weighted by Gasteiger charge is 2.41. The minimum atomic E-state index is -0.267. The van der Waals surface area contributed by atoms with Crippen molar-refractivity contribution < 1.29 is 9.53 Å². The van der Waals surface area contributed by atoms with E-state index in [0.717, 1.165) is 55.0 Å². The Morgan fingerprint density at radius 1 is 1.17 bits per heavy atom. The Bertz CT molecular complexity index is 974. The number of carbonyl (C=O) groups is 1. The molecule has 2 aliphatic heterocycles. The molecule has 150 valence electrons. The van der Waals surface area contributed by atoms with Crippen LogP contribution in [-0.2, 0) is 6.42 Å². The number of hydrogen-bond acceptors (Lipinski definition) is 6. The number of rotatable bonds is 5. The van der Waals surface area contributed by atoms with Gasteiger partial charge >= 0.3 is 6.03 Å². The van der Waals surface area contributed by atoms with E-state index in [0.29, 0.717) is 5.19 Å². The normalized spacial score (nSPS) is 21.6. The van der Waals surface area contributed by atoms with Crippen LogP contribution in [0.4, 0.5) is 4.79 Å². The Balaban J connectivity index is 1.17. The topological polar surface area (TPSA) is 84.6 Å². The molecule has 3 aromatic rings. The molecule has 7 nitrogen and oxygen atoms in total. The molecular weight excluding hydrogens is 386 g/mol. The van der Waals surface area contributed by atoms with Crippen molar-refractivity contribution in [1.82, 2.24) is 19.8 Å². The average Bonchev–Trinajstić information content (AvgIpc) is 3.25. The molecule has 0 saturated carbocycles. The summed E-state index contributed by atoms with van der Waals surface area (Å²) < 4.78 is 6.91. The van der Waals surface area contributed by atoms with E-state index in [4.69, 9.17) is 10.5 Å². The highest BCUT2D eigenvalue weighted by molar-refractivity contribution is 7.20. The van der Waals surface area contributed by atoms with E-state index in [1.165, 1.54) is 16.9 Å². The summed E-state index contributed by atoms with van der Waals surface area (Å²) in [6.45, 7) is 2.84. The lowest BCUT2D eigenvalue weighted by Gasteiger charge is -2.40. The summed E-state index contributed by atoms with van der Waals surface area (Å²) in [4.78, 5) is 24.6. The molecule has 0 unspecified atom stereocenters. The molecule has 2 atom stereocenters. The van der Waals surface area contributed by atoms with Crippen molar-refractivity contribution in [3.63, 3.8) is 0 Å². The number of pyridine rings is 1. The summed E-state index contributed by atoms with van der Waals surface area (Å²) in [5.74, 6) is 0.779. The predicted octanol–water partition coefficient (Wildman–Crippen LogP) is 3.25. The van der Waals surface area contributed by atoms with E-state index in [1.54, 1.807) is 6.20 Å². The van der Waals surface area contributed by atoms with E-state index >= 15 is 0 Å². The summed E-state index contributed by atoms with van der Waals surface area (Å²) in [6, 6.07) is 12.4. The van der Waals surface area contributed by atoms with Crippen LogP contribution in [-0.4, -0.2) is 57.5 Å². The number of amides is 2. The maximum atomic E-state index is 11.6. The molecule has 0 aliphatic carbocycles. The number of fused-ring (bicyclic) bond motifs is 3. The van der Waals surface area contributed by atoms with Crippen molar-refractivity contribution in [1.29, 1.82) is 0 Å². The van der Waals surface area contributed by atoms with Crippen LogP contribution in [0.15, 0.2) is 42.6 Å². The fraction of sp³-hybridized carbons (Fsp3) is 0.381. The van der Waals surface area contributed by atoms with Crippen molar-refractivity contribution >= 4 is 27.7 Å². The van der Waals surface area contributed by atoms with E-state index in [9.17, 15) is 4.79 Å². The second kappa shape index (κ2) is 7.61. The predicted molar refractivity (Wildman–Crippen MR) is 112 cm³/mol. The number of benzene rings is 1. The van der Waals surface area contributed by atoms with Crippen LogP contribution in [0.5, 0.6) is 10.9 Å². The molecule has 2 aliphatic rings. The molecule has 2 N–H and O–H groups in total. The number of aromatic nitrogens is 2. The fourth-order valence-electron chi connectivity index (χ4n) is 4.44. The Kier molecular flexibility index (Phi) is 4.81.